The van der Waals surface area contributed by atoms with Gasteiger partial charge in [-0.3, -0.25) is 0 Å². The van der Waals surface area contributed by atoms with E-state index < -0.39 is 16.6 Å². The van der Waals surface area contributed by atoms with Gasteiger partial charge in [0.05, 0.1) is 7.11 Å². The average molecular weight is 587 g/mol. The topological polar surface area (TPSA) is 44.8 Å². The van der Waals surface area contributed by atoms with Gasteiger partial charge in [0, 0.05) is 11.1 Å². The van der Waals surface area contributed by atoms with Crippen molar-refractivity contribution in [3.05, 3.63) is 58.7 Å². The SMILES string of the molecule is COC(=O)C(=CCc1cc(O[Si](C)(C)C(C)(C)C)ccc1O[Si](C)(C)C(C)(C)C)CC/C=C(\C)CCC=C(C)C. The maximum atomic E-state index is 12.7. The summed E-state index contributed by atoms with van der Waals surface area (Å²) in [5.41, 5.74) is 4.43. The quantitative estimate of drug-likeness (QED) is 0.0998. The van der Waals surface area contributed by atoms with Crippen molar-refractivity contribution in [2.24, 2.45) is 0 Å². The molecule has 0 aliphatic heterocycles. The first-order chi connectivity index (χ1) is 18.2. The minimum Gasteiger partial charge on any atom is -0.543 e. The average Bonchev–Trinajstić information content (AvgIpc) is 2.80. The molecule has 40 heavy (non-hydrogen) atoms. The number of carbonyl (C=O) groups is 1. The van der Waals surface area contributed by atoms with Crippen LogP contribution < -0.4 is 8.85 Å². The molecule has 0 aliphatic carbocycles. The van der Waals surface area contributed by atoms with Crippen molar-refractivity contribution in [3.8, 4) is 11.5 Å². The van der Waals surface area contributed by atoms with Crippen LogP contribution in [0.2, 0.25) is 36.3 Å². The molecule has 0 fully saturated rings. The van der Waals surface area contributed by atoms with Crippen molar-refractivity contribution in [2.75, 3.05) is 7.11 Å². The molecule has 0 unspecified atom stereocenters. The highest BCUT2D eigenvalue weighted by Gasteiger charge is 2.40. The zero-order chi connectivity index (χ0) is 30.9. The van der Waals surface area contributed by atoms with Gasteiger partial charge in [0.25, 0.3) is 0 Å². The van der Waals surface area contributed by atoms with Crippen LogP contribution in [-0.2, 0) is 16.0 Å². The third kappa shape index (κ3) is 11.4. The Labute approximate surface area is 248 Å². The summed E-state index contributed by atoms with van der Waals surface area (Å²) in [4.78, 5) is 12.7. The number of benzene rings is 1. The lowest BCUT2D eigenvalue weighted by Crippen LogP contribution is -2.44. The number of hydrogen-bond donors (Lipinski definition) is 0. The van der Waals surface area contributed by atoms with Crippen LogP contribution in [0, 0.1) is 0 Å². The summed E-state index contributed by atoms with van der Waals surface area (Å²) in [6.07, 6.45) is 10.6. The third-order valence-electron chi connectivity index (χ3n) is 8.40. The zero-order valence-corrected chi connectivity index (χ0v) is 30.1. The molecule has 1 aromatic rings. The molecule has 6 heteroatoms. The smallest absolute Gasteiger partial charge is 0.333 e. The predicted molar refractivity (Wildman–Crippen MR) is 178 cm³/mol. The van der Waals surface area contributed by atoms with Gasteiger partial charge in [-0.2, -0.15) is 0 Å². The molecule has 0 spiro atoms. The van der Waals surface area contributed by atoms with E-state index >= 15 is 0 Å². The molecule has 0 atom stereocenters. The van der Waals surface area contributed by atoms with Crippen molar-refractivity contribution >= 4 is 22.6 Å². The second kappa shape index (κ2) is 14.7. The van der Waals surface area contributed by atoms with E-state index in [1.807, 2.05) is 12.1 Å². The van der Waals surface area contributed by atoms with E-state index in [9.17, 15) is 4.79 Å². The van der Waals surface area contributed by atoms with Gasteiger partial charge in [-0.25, -0.2) is 4.79 Å². The summed E-state index contributed by atoms with van der Waals surface area (Å²) < 4.78 is 18.6. The normalized spacial score (nSPS) is 13.7. The maximum Gasteiger partial charge on any atom is 0.333 e. The van der Waals surface area contributed by atoms with Gasteiger partial charge in [0.15, 0.2) is 0 Å². The van der Waals surface area contributed by atoms with Gasteiger partial charge >= 0.3 is 5.97 Å². The van der Waals surface area contributed by atoms with Crippen LogP contribution >= 0.6 is 0 Å². The standard InChI is InChI=1S/C34H58O4Si2/c1-26(2)17-15-18-27(3)19-16-20-28(32(35)36-10)21-22-29-25-30(37-39(11,12)33(4,5)6)23-24-31(29)38-40(13,14)34(7,8)9/h17,19,21,23-25H,15-16,18,20,22H2,1-14H3/b27-19+,28-21?. The molecule has 0 N–H and O–H groups in total. The van der Waals surface area contributed by atoms with Crippen molar-refractivity contribution in [1.29, 1.82) is 0 Å². The number of esters is 1. The molecule has 0 saturated carbocycles. The van der Waals surface area contributed by atoms with Crippen LogP contribution in [0.15, 0.2) is 53.1 Å². The highest BCUT2D eigenvalue weighted by molar-refractivity contribution is 6.75. The minimum absolute atomic E-state index is 0.0728. The largest absolute Gasteiger partial charge is 0.543 e. The summed E-state index contributed by atoms with van der Waals surface area (Å²) in [5.74, 6) is 1.48. The van der Waals surface area contributed by atoms with Crippen LogP contribution in [0.1, 0.15) is 93.6 Å². The second-order valence-corrected chi connectivity index (χ2v) is 23.8. The van der Waals surface area contributed by atoms with Gasteiger partial charge in [-0.15, -0.1) is 0 Å². The summed E-state index contributed by atoms with van der Waals surface area (Å²) in [6.45, 7) is 29.0. The molecule has 0 heterocycles. The molecular weight excluding hydrogens is 529 g/mol. The third-order valence-corrected chi connectivity index (χ3v) is 17.1. The first kappa shape index (κ1) is 36.0. The summed E-state index contributed by atoms with van der Waals surface area (Å²) in [5, 5.41) is 0.169. The van der Waals surface area contributed by atoms with E-state index in [-0.39, 0.29) is 16.0 Å². The number of ether oxygens (including phenoxy) is 1. The minimum atomic E-state index is -2.06. The van der Waals surface area contributed by atoms with Crippen molar-refractivity contribution in [2.45, 2.75) is 131 Å². The molecule has 4 nitrogen and oxygen atoms in total. The molecule has 0 radical (unpaired) electrons. The molecule has 0 bridgehead atoms. The Bertz CT molecular complexity index is 1080. The Morgan fingerprint density at radius 3 is 1.88 bits per heavy atom. The number of allylic oxidation sites excluding steroid dienone is 5. The number of carbonyl (C=O) groups excluding carboxylic acids is 1. The van der Waals surface area contributed by atoms with E-state index in [0.29, 0.717) is 18.4 Å². The Morgan fingerprint density at radius 1 is 0.800 bits per heavy atom. The van der Waals surface area contributed by atoms with Gasteiger partial charge in [-0.05, 0) is 107 Å². The zero-order valence-electron chi connectivity index (χ0n) is 28.1. The molecule has 0 aromatic heterocycles. The van der Waals surface area contributed by atoms with Gasteiger partial charge in [0.1, 0.15) is 11.5 Å². The van der Waals surface area contributed by atoms with E-state index in [4.69, 9.17) is 13.6 Å². The van der Waals surface area contributed by atoms with Crippen LogP contribution in [0.5, 0.6) is 11.5 Å². The molecule has 226 valence electrons. The van der Waals surface area contributed by atoms with Crippen LogP contribution in [0.4, 0.5) is 0 Å². The first-order valence-electron chi connectivity index (χ1n) is 14.8. The first-order valence-corrected chi connectivity index (χ1v) is 20.6. The maximum absolute atomic E-state index is 12.7. The Morgan fingerprint density at radius 2 is 1.35 bits per heavy atom. The Kier molecular flexibility index (Phi) is 13.2. The molecule has 1 rings (SSSR count). The van der Waals surface area contributed by atoms with E-state index in [2.05, 4.69) is 113 Å². The highest BCUT2D eigenvalue weighted by Crippen LogP contribution is 2.41. The molecule has 0 amide bonds. The van der Waals surface area contributed by atoms with Gasteiger partial charge in [0.2, 0.25) is 16.6 Å². The summed E-state index contributed by atoms with van der Waals surface area (Å²) in [7, 11) is -2.62. The second-order valence-electron chi connectivity index (χ2n) is 14.3. The van der Waals surface area contributed by atoms with E-state index in [0.717, 1.165) is 36.3 Å². The summed E-state index contributed by atoms with van der Waals surface area (Å²) in [6, 6.07) is 6.21. The highest BCUT2D eigenvalue weighted by atomic mass is 28.4. The molecular formula is C34H58O4Si2. The lowest BCUT2D eigenvalue weighted by atomic mass is 10.0. The Balaban J connectivity index is 3.33. The van der Waals surface area contributed by atoms with E-state index in [1.165, 1.54) is 18.3 Å². The fraction of sp³-hybridized carbons (Fsp3) is 0.618. The van der Waals surface area contributed by atoms with Crippen molar-refractivity contribution < 1.29 is 18.4 Å². The van der Waals surface area contributed by atoms with Crippen LogP contribution in [0.25, 0.3) is 0 Å². The van der Waals surface area contributed by atoms with Crippen molar-refractivity contribution in [3.63, 3.8) is 0 Å². The van der Waals surface area contributed by atoms with Crippen LogP contribution in [0.3, 0.4) is 0 Å². The Hall–Kier alpha value is -2.06. The monoisotopic (exact) mass is 586 g/mol. The fourth-order valence-corrected chi connectivity index (χ4v) is 5.65. The van der Waals surface area contributed by atoms with Gasteiger partial charge in [-0.1, -0.05) is 70.9 Å². The lowest BCUT2D eigenvalue weighted by Gasteiger charge is -2.38. The number of hydrogen-bond acceptors (Lipinski definition) is 4. The lowest BCUT2D eigenvalue weighted by molar-refractivity contribution is -0.136. The van der Waals surface area contributed by atoms with Crippen LogP contribution in [-0.4, -0.2) is 29.7 Å². The predicted octanol–water partition coefficient (Wildman–Crippen LogP) is 10.6. The summed E-state index contributed by atoms with van der Waals surface area (Å²) >= 11 is 0. The van der Waals surface area contributed by atoms with Crippen molar-refractivity contribution in [1.82, 2.24) is 0 Å². The van der Waals surface area contributed by atoms with E-state index in [1.54, 1.807) is 0 Å². The van der Waals surface area contributed by atoms with Gasteiger partial charge < -0.3 is 13.6 Å². The fourth-order valence-electron chi connectivity index (χ4n) is 3.57. The molecule has 0 saturated heterocycles. The number of rotatable bonds is 13. The molecule has 0 aliphatic rings. The molecule has 1 aromatic carbocycles. The number of methoxy groups -OCH3 is 1.